The van der Waals surface area contributed by atoms with Crippen LogP contribution in [-0.2, 0) is 4.79 Å². The van der Waals surface area contributed by atoms with Crippen LogP contribution in [0.15, 0.2) is 79.0 Å². The predicted molar refractivity (Wildman–Crippen MR) is 99.6 cm³/mol. The smallest absolute Gasteiger partial charge is 0.248 e. The zero-order valence-corrected chi connectivity index (χ0v) is 13.8. The third kappa shape index (κ3) is 4.56. The molecule has 0 aliphatic carbocycles. The van der Waals surface area contributed by atoms with Crippen LogP contribution in [0.4, 0.5) is 5.69 Å². The van der Waals surface area contributed by atoms with Gasteiger partial charge in [0.15, 0.2) is 0 Å². The zero-order valence-electron chi connectivity index (χ0n) is 13.8. The molecule has 5 nitrogen and oxygen atoms in total. The van der Waals surface area contributed by atoms with Crippen molar-refractivity contribution in [1.82, 2.24) is 4.98 Å². The first-order valence-corrected chi connectivity index (χ1v) is 7.92. The Kier molecular flexibility index (Phi) is 5.38. The van der Waals surface area contributed by atoms with Crippen molar-refractivity contribution in [3.8, 4) is 17.6 Å². The summed E-state index contributed by atoms with van der Waals surface area (Å²) in [5.41, 5.74) is 1.81. The van der Waals surface area contributed by atoms with E-state index in [-0.39, 0.29) is 5.91 Å². The van der Waals surface area contributed by atoms with Crippen LogP contribution in [-0.4, -0.2) is 10.9 Å². The number of carbonyl (C=O) groups excluding carboxylic acids is 1. The highest BCUT2D eigenvalue weighted by molar-refractivity contribution is 6.01. The van der Waals surface area contributed by atoms with Crippen molar-refractivity contribution >= 4 is 17.7 Å². The fourth-order valence-corrected chi connectivity index (χ4v) is 2.20. The number of pyridine rings is 1. The van der Waals surface area contributed by atoms with Gasteiger partial charge in [0.05, 0.1) is 11.3 Å². The second kappa shape index (κ2) is 8.27. The van der Waals surface area contributed by atoms with Crippen molar-refractivity contribution in [3.05, 3.63) is 90.3 Å². The number of anilines is 1. The molecular weight excluding hydrogens is 326 g/mol. The summed E-state index contributed by atoms with van der Waals surface area (Å²) in [7, 11) is 0. The molecule has 126 valence electrons. The number of amides is 1. The van der Waals surface area contributed by atoms with Gasteiger partial charge in [-0.1, -0.05) is 18.2 Å². The second-order valence-electron chi connectivity index (χ2n) is 5.31. The first kappa shape index (κ1) is 16.9. The van der Waals surface area contributed by atoms with Crippen molar-refractivity contribution in [2.75, 3.05) is 5.32 Å². The van der Waals surface area contributed by atoms with Crippen LogP contribution in [0.3, 0.4) is 0 Å². The van der Waals surface area contributed by atoms with Crippen LogP contribution in [0.2, 0.25) is 0 Å². The molecule has 0 aliphatic heterocycles. The largest absolute Gasteiger partial charge is 0.456 e. The third-order valence-corrected chi connectivity index (χ3v) is 3.45. The maximum Gasteiger partial charge on any atom is 0.248 e. The number of hydrogen-bond donors (Lipinski definition) is 1. The van der Waals surface area contributed by atoms with Gasteiger partial charge in [-0.15, -0.1) is 0 Å². The summed E-state index contributed by atoms with van der Waals surface area (Å²) in [4.78, 5) is 16.1. The zero-order chi connectivity index (χ0) is 18.2. The second-order valence-corrected chi connectivity index (χ2v) is 5.31. The first-order valence-electron chi connectivity index (χ1n) is 7.92. The summed E-state index contributed by atoms with van der Waals surface area (Å²) in [6.07, 6.45) is 4.74. The molecule has 0 aliphatic rings. The normalized spacial score (nSPS) is 10.3. The molecule has 0 fully saturated rings. The number of ether oxygens (including phenoxy) is 1. The summed E-state index contributed by atoms with van der Waals surface area (Å²) >= 11 is 0. The van der Waals surface area contributed by atoms with Crippen molar-refractivity contribution in [2.45, 2.75) is 0 Å². The number of hydrogen-bond acceptors (Lipinski definition) is 4. The lowest BCUT2D eigenvalue weighted by Gasteiger charge is -2.08. The lowest BCUT2D eigenvalue weighted by molar-refractivity contribution is -0.111. The van der Waals surface area contributed by atoms with Gasteiger partial charge in [-0.2, -0.15) is 5.26 Å². The van der Waals surface area contributed by atoms with E-state index >= 15 is 0 Å². The number of benzene rings is 2. The van der Waals surface area contributed by atoms with E-state index < -0.39 is 0 Å². The van der Waals surface area contributed by atoms with E-state index in [4.69, 9.17) is 10.00 Å². The Morgan fingerprint density at radius 2 is 1.81 bits per heavy atom. The maximum absolute atomic E-state index is 12.0. The van der Waals surface area contributed by atoms with E-state index in [1.165, 1.54) is 6.08 Å². The molecule has 1 heterocycles. The third-order valence-electron chi connectivity index (χ3n) is 3.45. The van der Waals surface area contributed by atoms with E-state index in [2.05, 4.69) is 16.4 Å². The molecule has 0 unspecified atom stereocenters. The van der Waals surface area contributed by atoms with Gasteiger partial charge in [-0.3, -0.25) is 9.78 Å². The molecular formula is C21H15N3O2. The SMILES string of the molecule is N#Cc1ccccc1Oc1ccc(NC(=O)/C=C/c2ccccn2)cc1. The highest BCUT2D eigenvalue weighted by Gasteiger charge is 2.04. The Labute approximate surface area is 151 Å². The minimum absolute atomic E-state index is 0.251. The molecule has 0 saturated carbocycles. The van der Waals surface area contributed by atoms with Gasteiger partial charge in [0.2, 0.25) is 5.91 Å². The van der Waals surface area contributed by atoms with Crippen LogP contribution in [0.5, 0.6) is 11.5 Å². The number of carbonyl (C=O) groups is 1. The number of aromatic nitrogens is 1. The van der Waals surface area contributed by atoms with Gasteiger partial charge in [0, 0.05) is 18.0 Å². The maximum atomic E-state index is 12.0. The Hall–Kier alpha value is -3.91. The Morgan fingerprint density at radius 1 is 1.04 bits per heavy atom. The van der Waals surface area contributed by atoms with Crippen LogP contribution in [0.25, 0.3) is 6.08 Å². The van der Waals surface area contributed by atoms with E-state index in [1.54, 1.807) is 60.8 Å². The summed E-state index contributed by atoms with van der Waals surface area (Å²) in [6.45, 7) is 0. The molecule has 0 bridgehead atoms. The summed E-state index contributed by atoms with van der Waals surface area (Å²) in [6, 6.07) is 21.5. The molecule has 2 aromatic carbocycles. The Balaban J connectivity index is 1.62. The first-order chi connectivity index (χ1) is 12.7. The molecule has 0 spiro atoms. The number of nitriles is 1. The molecule has 3 aromatic rings. The Morgan fingerprint density at radius 3 is 2.54 bits per heavy atom. The molecule has 1 N–H and O–H groups in total. The fourth-order valence-electron chi connectivity index (χ4n) is 2.20. The lowest BCUT2D eigenvalue weighted by Crippen LogP contribution is -2.07. The minimum Gasteiger partial charge on any atom is -0.456 e. The fraction of sp³-hybridized carbons (Fsp3) is 0. The van der Waals surface area contributed by atoms with Crippen LogP contribution in [0, 0.1) is 11.3 Å². The summed E-state index contributed by atoms with van der Waals surface area (Å²) in [5.74, 6) is 0.818. The average molecular weight is 341 g/mol. The molecule has 5 heteroatoms. The van der Waals surface area contributed by atoms with Crippen LogP contribution >= 0.6 is 0 Å². The highest BCUT2D eigenvalue weighted by atomic mass is 16.5. The van der Waals surface area contributed by atoms with E-state index in [9.17, 15) is 4.79 Å². The van der Waals surface area contributed by atoms with Crippen LogP contribution < -0.4 is 10.1 Å². The number of nitrogens with one attached hydrogen (secondary N) is 1. The number of para-hydroxylation sites is 1. The minimum atomic E-state index is -0.251. The van der Waals surface area contributed by atoms with E-state index in [1.807, 2.05) is 18.2 Å². The quantitative estimate of drug-likeness (QED) is 0.698. The van der Waals surface area contributed by atoms with Gasteiger partial charge in [-0.25, -0.2) is 0 Å². The number of nitrogens with zero attached hydrogens (tertiary/aromatic N) is 2. The highest BCUT2D eigenvalue weighted by Crippen LogP contribution is 2.25. The number of rotatable bonds is 5. The topological polar surface area (TPSA) is 75.0 Å². The molecule has 0 atom stereocenters. The van der Waals surface area contributed by atoms with Gasteiger partial charge in [-0.05, 0) is 54.6 Å². The molecule has 1 aromatic heterocycles. The molecule has 1 amide bonds. The molecule has 0 saturated heterocycles. The van der Waals surface area contributed by atoms with Gasteiger partial charge in [0.25, 0.3) is 0 Å². The van der Waals surface area contributed by atoms with Gasteiger partial charge < -0.3 is 10.1 Å². The lowest BCUT2D eigenvalue weighted by atomic mass is 10.2. The van der Waals surface area contributed by atoms with E-state index in [0.29, 0.717) is 28.4 Å². The summed E-state index contributed by atoms with van der Waals surface area (Å²) < 4.78 is 5.71. The van der Waals surface area contributed by atoms with Crippen molar-refractivity contribution in [3.63, 3.8) is 0 Å². The monoisotopic (exact) mass is 341 g/mol. The van der Waals surface area contributed by atoms with Crippen molar-refractivity contribution < 1.29 is 9.53 Å². The molecule has 3 rings (SSSR count). The van der Waals surface area contributed by atoms with Crippen molar-refractivity contribution in [1.29, 1.82) is 5.26 Å². The predicted octanol–water partition coefficient (Wildman–Crippen LogP) is 4.40. The van der Waals surface area contributed by atoms with Gasteiger partial charge >= 0.3 is 0 Å². The molecule has 0 radical (unpaired) electrons. The van der Waals surface area contributed by atoms with Crippen LogP contribution in [0.1, 0.15) is 11.3 Å². The van der Waals surface area contributed by atoms with Crippen molar-refractivity contribution in [2.24, 2.45) is 0 Å². The summed E-state index contributed by atoms with van der Waals surface area (Å²) in [5, 5.41) is 11.8. The molecule has 26 heavy (non-hydrogen) atoms. The van der Waals surface area contributed by atoms with E-state index in [0.717, 1.165) is 0 Å². The standard InChI is InChI=1S/C21H15N3O2/c22-15-16-5-1-2-7-20(16)26-19-11-8-18(9-12-19)24-21(25)13-10-17-6-3-4-14-23-17/h1-14H,(H,24,25)/b13-10+. The Bertz CT molecular complexity index is 959. The van der Waals surface area contributed by atoms with Gasteiger partial charge in [0.1, 0.15) is 17.6 Å². The average Bonchev–Trinajstić information content (AvgIpc) is 2.69.